The lowest BCUT2D eigenvalue weighted by Gasteiger charge is -2.35. The normalized spacial score (nSPS) is 20.4. The summed E-state index contributed by atoms with van der Waals surface area (Å²) in [6, 6.07) is 0.0114. The fraction of sp³-hybridized carbons (Fsp3) is 0.714. The van der Waals surface area contributed by atoms with Gasteiger partial charge in [0.15, 0.2) is 0 Å². The highest BCUT2D eigenvalue weighted by molar-refractivity contribution is 5.68. The molecule has 1 fully saturated rings. The van der Waals surface area contributed by atoms with Crippen LogP contribution >= 0.6 is 0 Å². The number of amides is 1. The van der Waals surface area contributed by atoms with E-state index >= 15 is 0 Å². The second-order valence-electron chi connectivity index (χ2n) is 6.14. The van der Waals surface area contributed by atoms with E-state index in [1.165, 1.54) is 0 Å². The van der Waals surface area contributed by atoms with E-state index in [0.717, 1.165) is 37.3 Å². The lowest BCUT2D eigenvalue weighted by molar-refractivity contribution is 0.00853. The van der Waals surface area contributed by atoms with Crippen molar-refractivity contribution in [2.75, 3.05) is 6.54 Å². The molecular formula is C14H23N3O2. The Labute approximate surface area is 114 Å². The van der Waals surface area contributed by atoms with Gasteiger partial charge in [-0.05, 0) is 47.0 Å². The summed E-state index contributed by atoms with van der Waals surface area (Å²) in [6.07, 6.45) is 4.63. The fourth-order valence-corrected chi connectivity index (χ4v) is 2.36. The van der Waals surface area contributed by atoms with Crippen LogP contribution in [0.4, 0.5) is 4.79 Å². The van der Waals surface area contributed by atoms with E-state index in [1.54, 1.807) is 11.1 Å². The molecule has 0 aliphatic carbocycles. The van der Waals surface area contributed by atoms with Crippen LogP contribution in [0, 0.1) is 6.92 Å². The average molecular weight is 265 g/mol. The van der Waals surface area contributed by atoms with E-state index in [-0.39, 0.29) is 12.1 Å². The summed E-state index contributed by atoms with van der Waals surface area (Å²) in [5.74, 6) is 0.864. The van der Waals surface area contributed by atoms with Crippen LogP contribution in [0.15, 0.2) is 6.20 Å². The Morgan fingerprint density at radius 2 is 2.21 bits per heavy atom. The third-order valence-corrected chi connectivity index (χ3v) is 3.17. The van der Waals surface area contributed by atoms with Crippen LogP contribution in [0.1, 0.15) is 57.6 Å². The number of ether oxygens (including phenoxy) is 1. The van der Waals surface area contributed by atoms with Crippen molar-refractivity contribution in [2.45, 2.75) is 58.6 Å². The first-order valence-corrected chi connectivity index (χ1v) is 6.88. The van der Waals surface area contributed by atoms with E-state index in [2.05, 4.69) is 9.97 Å². The van der Waals surface area contributed by atoms with Gasteiger partial charge in [-0.25, -0.2) is 9.78 Å². The molecule has 1 saturated heterocycles. The molecule has 1 aromatic heterocycles. The maximum atomic E-state index is 12.3. The van der Waals surface area contributed by atoms with Crippen LogP contribution < -0.4 is 0 Å². The third kappa shape index (κ3) is 3.49. The molecule has 1 N–H and O–H groups in total. The van der Waals surface area contributed by atoms with Crippen molar-refractivity contribution in [1.82, 2.24) is 14.9 Å². The molecule has 2 heterocycles. The van der Waals surface area contributed by atoms with Gasteiger partial charge in [0.25, 0.3) is 0 Å². The maximum absolute atomic E-state index is 12.3. The van der Waals surface area contributed by atoms with Crippen LogP contribution in [0.25, 0.3) is 0 Å². The minimum atomic E-state index is -0.460. The number of nitrogens with one attached hydrogen (secondary N) is 1. The smallest absolute Gasteiger partial charge is 0.410 e. The summed E-state index contributed by atoms with van der Waals surface area (Å²) in [5, 5.41) is 0. The highest BCUT2D eigenvalue weighted by Crippen LogP contribution is 2.30. The Morgan fingerprint density at radius 3 is 2.79 bits per heavy atom. The number of H-pyrrole nitrogens is 1. The number of piperidine rings is 1. The van der Waals surface area contributed by atoms with E-state index in [4.69, 9.17) is 4.74 Å². The van der Waals surface area contributed by atoms with Gasteiger partial charge in [-0.15, -0.1) is 0 Å². The Balaban J connectivity index is 2.14. The predicted octanol–water partition coefficient (Wildman–Crippen LogP) is 3.18. The van der Waals surface area contributed by atoms with Gasteiger partial charge in [0.2, 0.25) is 0 Å². The summed E-state index contributed by atoms with van der Waals surface area (Å²) in [7, 11) is 0. The molecule has 1 atom stereocenters. The van der Waals surface area contributed by atoms with Crippen LogP contribution in [0.5, 0.6) is 0 Å². The molecule has 0 spiro atoms. The zero-order valence-electron chi connectivity index (χ0n) is 12.2. The first kappa shape index (κ1) is 13.9. The molecule has 1 unspecified atom stereocenters. The number of aromatic nitrogens is 2. The van der Waals surface area contributed by atoms with Gasteiger partial charge >= 0.3 is 6.09 Å². The summed E-state index contributed by atoms with van der Waals surface area (Å²) in [5.41, 5.74) is 0.558. The van der Waals surface area contributed by atoms with Crippen molar-refractivity contribution in [1.29, 1.82) is 0 Å². The molecule has 19 heavy (non-hydrogen) atoms. The molecular weight excluding hydrogens is 242 g/mol. The van der Waals surface area contributed by atoms with Crippen molar-refractivity contribution in [3.63, 3.8) is 0 Å². The van der Waals surface area contributed by atoms with Gasteiger partial charge in [0, 0.05) is 18.4 Å². The quantitative estimate of drug-likeness (QED) is 0.848. The van der Waals surface area contributed by atoms with Crippen molar-refractivity contribution >= 4 is 6.09 Å². The summed E-state index contributed by atoms with van der Waals surface area (Å²) >= 11 is 0. The molecule has 0 radical (unpaired) electrons. The van der Waals surface area contributed by atoms with Gasteiger partial charge in [0.05, 0.1) is 6.04 Å². The number of aryl methyl sites for hydroxylation is 1. The fourth-order valence-electron chi connectivity index (χ4n) is 2.36. The topological polar surface area (TPSA) is 58.2 Å². The van der Waals surface area contributed by atoms with E-state index in [9.17, 15) is 4.79 Å². The summed E-state index contributed by atoms with van der Waals surface area (Å²) < 4.78 is 5.48. The molecule has 1 aliphatic heterocycles. The number of hydrogen-bond acceptors (Lipinski definition) is 3. The van der Waals surface area contributed by atoms with Crippen LogP contribution in [-0.2, 0) is 4.74 Å². The van der Waals surface area contributed by atoms with Gasteiger partial charge in [0.1, 0.15) is 11.4 Å². The Hall–Kier alpha value is -1.52. The molecule has 0 saturated carbocycles. The Bertz CT molecular complexity index is 448. The monoisotopic (exact) mass is 265 g/mol. The van der Waals surface area contributed by atoms with Crippen LogP contribution in [-0.4, -0.2) is 33.1 Å². The van der Waals surface area contributed by atoms with Gasteiger partial charge in [-0.1, -0.05) is 0 Å². The molecule has 0 aromatic carbocycles. The summed E-state index contributed by atoms with van der Waals surface area (Å²) in [4.78, 5) is 21.7. The molecule has 1 aliphatic rings. The van der Waals surface area contributed by atoms with Gasteiger partial charge in [-0.2, -0.15) is 0 Å². The summed E-state index contributed by atoms with van der Waals surface area (Å²) in [6.45, 7) is 8.37. The van der Waals surface area contributed by atoms with E-state index in [1.807, 2.05) is 27.7 Å². The molecule has 2 rings (SSSR count). The lowest BCUT2D eigenvalue weighted by Crippen LogP contribution is -2.42. The highest BCUT2D eigenvalue weighted by Gasteiger charge is 2.32. The highest BCUT2D eigenvalue weighted by atomic mass is 16.6. The minimum absolute atomic E-state index is 0.0114. The molecule has 1 aromatic rings. The van der Waals surface area contributed by atoms with Gasteiger partial charge in [-0.3, -0.25) is 4.90 Å². The molecule has 0 bridgehead atoms. The van der Waals surface area contributed by atoms with E-state index < -0.39 is 5.60 Å². The van der Waals surface area contributed by atoms with Crippen LogP contribution in [0.2, 0.25) is 0 Å². The first-order valence-electron chi connectivity index (χ1n) is 6.88. The van der Waals surface area contributed by atoms with Crippen molar-refractivity contribution in [3.05, 3.63) is 17.7 Å². The van der Waals surface area contributed by atoms with Gasteiger partial charge < -0.3 is 9.72 Å². The zero-order valence-corrected chi connectivity index (χ0v) is 12.2. The SMILES string of the molecule is Cc1cnc(C2CCCCN2C(=O)OC(C)(C)C)[nH]1. The lowest BCUT2D eigenvalue weighted by atomic mass is 10.0. The molecule has 5 heteroatoms. The number of carbonyl (C=O) groups is 1. The minimum Gasteiger partial charge on any atom is -0.444 e. The Kier molecular flexibility index (Phi) is 3.83. The second kappa shape index (κ2) is 5.23. The number of rotatable bonds is 1. The van der Waals surface area contributed by atoms with Crippen molar-refractivity contribution in [3.8, 4) is 0 Å². The number of likely N-dealkylation sites (tertiary alicyclic amines) is 1. The number of aromatic amines is 1. The number of carbonyl (C=O) groups excluding carboxylic acids is 1. The maximum Gasteiger partial charge on any atom is 0.410 e. The zero-order chi connectivity index (χ0) is 14.0. The van der Waals surface area contributed by atoms with Crippen molar-refractivity contribution in [2.24, 2.45) is 0 Å². The average Bonchev–Trinajstić information content (AvgIpc) is 2.73. The van der Waals surface area contributed by atoms with E-state index in [0.29, 0.717) is 0 Å². The number of nitrogens with zero attached hydrogens (tertiary/aromatic N) is 2. The molecule has 106 valence electrons. The molecule has 5 nitrogen and oxygen atoms in total. The number of hydrogen-bond donors (Lipinski definition) is 1. The van der Waals surface area contributed by atoms with Crippen LogP contribution in [0.3, 0.4) is 0 Å². The third-order valence-electron chi connectivity index (χ3n) is 3.17. The first-order chi connectivity index (χ1) is 8.87. The standard InChI is InChI=1S/C14H23N3O2/c1-10-9-15-12(16-10)11-7-5-6-8-17(11)13(18)19-14(2,3)4/h9,11H,5-8H2,1-4H3,(H,15,16). The second-order valence-corrected chi connectivity index (χ2v) is 6.14. The largest absolute Gasteiger partial charge is 0.444 e. The number of imidazole rings is 1. The molecule has 1 amide bonds. The van der Waals surface area contributed by atoms with Crippen molar-refractivity contribution < 1.29 is 9.53 Å². The Morgan fingerprint density at radius 1 is 1.47 bits per heavy atom. The predicted molar refractivity (Wildman–Crippen MR) is 72.9 cm³/mol.